The van der Waals surface area contributed by atoms with E-state index < -0.39 is 11.6 Å². The molecule has 0 aromatic heterocycles. The van der Waals surface area contributed by atoms with Gasteiger partial charge in [0.15, 0.2) is 11.6 Å². The minimum absolute atomic E-state index is 0.00524. The number of hydrogen-bond acceptors (Lipinski definition) is 7. The molecule has 2 aliphatic rings. The van der Waals surface area contributed by atoms with Gasteiger partial charge in [0, 0.05) is 26.1 Å². The average molecular weight is 336 g/mol. The summed E-state index contributed by atoms with van der Waals surface area (Å²) in [6.07, 6.45) is 2.83. The van der Waals surface area contributed by atoms with Gasteiger partial charge >= 0.3 is 0 Å². The fourth-order valence-corrected chi connectivity index (χ4v) is 2.63. The van der Waals surface area contributed by atoms with E-state index in [4.69, 9.17) is 34.3 Å². The average Bonchev–Trinajstić information content (AvgIpc) is 3.08. The minimum Gasteiger partial charge on any atom is -0.396 e. The quantitative estimate of drug-likeness (QED) is 0.632. The topological polar surface area (TPSA) is 97.6 Å². The first kappa shape index (κ1) is 20.8. The first-order valence-electron chi connectivity index (χ1n) is 8.32. The minimum atomic E-state index is -0.601. The van der Waals surface area contributed by atoms with Crippen molar-refractivity contribution < 1.29 is 34.3 Å². The SMILES string of the molecule is CC1(CCCO)OCC(CO)O1.CC1COC(C)(CCCO)O1. The van der Waals surface area contributed by atoms with Crippen LogP contribution in [0.5, 0.6) is 0 Å². The molecule has 0 saturated carbocycles. The Morgan fingerprint density at radius 3 is 1.78 bits per heavy atom. The van der Waals surface area contributed by atoms with E-state index in [1.807, 2.05) is 20.8 Å². The second-order valence-electron chi connectivity index (χ2n) is 6.39. The van der Waals surface area contributed by atoms with E-state index in [-0.39, 0.29) is 32.0 Å². The zero-order valence-electron chi connectivity index (χ0n) is 14.5. The molecule has 3 N–H and O–H groups in total. The van der Waals surface area contributed by atoms with Crippen LogP contribution in [0.3, 0.4) is 0 Å². The van der Waals surface area contributed by atoms with Crippen LogP contribution in [0.1, 0.15) is 46.5 Å². The van der Waals surface area contributed by atoms with E-state index in [1.165, 1.54) is 0 Å². The molecule has 2 fully saturated rings. The van der Waals surface area contributed by atoms with Crippen molar-refractivity contribution in [2.75, 3.05) is 33.0 Å². The van der Waals surface area contributed by atoms with Gasteiger partial charge in [-0.3, -0.25) is 0 Å². The Morgan fingerprint density at radius 2 is 1.39 bits per heavy atom. The van der Waals surface area contributed by atoms with Gasteiger partial charge in [-0.2, -0.15) is 0 Å². The van der Waals surface area contributed by atoms with Crippen molar-refractivity contribution in [3.63, 3.8) is 0 Å². The molecule has 4 unspecified atom stereocenters. The van der Waals surface area contributed by atoms with Crippen molar-refractivity contribution in [2.45, 2.75) is 70.2 Å². The molecule has 0 aliphatic carbocycles. The summed E-state index contributed by atoms with van der Waals surface area (Å²) < 4.78 is 21.7. The molecular weight excluding hydrogens is 304 g/mol. The number of aliphatic hydroxyl groups excluding tert-OH is 3. The van der Waals surface area contributed by atoms with E-state index in [1.54, 1.807) is 0 Å². The van der Waals surface area contributed by atoms with Gasteiger partial charge in [-0.25, -0.2) is 0 Å². The van der Waals surface area contributed by atoms with Crippen LogP contribution >= 0.6 is 0 Å². The highest BCUT2D eigenvalue weighted by molar-refractivity contribution is 4.74. The summed E-state index contributed by atoms with van der Waals surface area (Å²) in [7, 11) is 0. The normalized spacial score (nSPS) is 36.8. The number of rotatable bonds is 7. The Bertz CT molecular complexity index is 328. The largest absolute Gasteiger partial charge is 0.396 e. The number of aliphatic hydroxyl groups is 3. The molecule has 0 amide bonds. The summed E-state index contributed by atoms with van der Waals surface area (Å²) in [6.45, 7) is 7.20. The van der Waals surface area contributed by atoms with Crippen molar-refractivity contribution >= 4 is 0 Å². The van der Waals surface area contributed by atoms with Crippen molar-refractivity contribution in [1.29, 1.82) is 0 Å². The van der Waals surface area contributed by atoms with Crippen LogP contribution in [-0.2, 0) is 18.9 Å². The van der Waals surface area contributed by atoms with Crippen LogP contribution < -0.4 is 0 Å². The summed E-state index contributed by atoms with van der Waals surface area (Å²) in [5.74, 6) is -1.04. The molecule has 0 radical (unpaired) electrons. The Balaban J connectivity index is 0.000000231. The molecule has 2 saturated heterocycles. The van der Waals surface area contributed by atoms with E-state index in [9.17, 15) is 0 Å². The van der Waals surface area contributed by atoms with Gasteiger partial charge in [-0.15, -0.1) is 0 Å². The highest BCUT2D eigenvalue weighted by Gasteiger charge is 2.36. The van der Waals surface area contributed by atoms with Gasteiger partial charge in [0.25, 0.3) is 0 Å². The lowest BCUT2D eigenvalue weighted by Crippen LogP contribution is -2.27. The van der Waals surface area contributed by atoms with Gasteiger partial charge < -0.3 is 34.3 Å². The van der Waals surface area contributed by atoms with Crippen LogP contribution in [0, 0.1) is 0 Å². The molecule has 23 heavy (non-hydrogen) atoms. The summed E-state index contributed by atoms with van der Waals surface area (Å²) in [6, 6.07) is 0. The van der Waals surface area contributed by atoms with Crippen molar-refractivity contribution in [2.24, 2.45) is 0 Å². The summed E-state index contributed by atoms with van der Waals surface area (Å²) in [5.41, 5.74) is 0. The molecule has 138 valence electrons. The molecule has 0 bridgehead atoms. The third-order valence-corrected chi connectivity index (χ3v) is 3.85. The zero-order chi connectivity index (χ0) is 17.3. The van der Waals surface area contributed by atoms with Gasteiger partial charge in [-0.05, 0) is 33.6 Å². The molecular formula is C16H32O7. The smallest absolute Gasteiger partial charge is 0.166 e. The summed E-state index contributed by atoms with van der Waals surface area (Å²) >= 11 is 0. The third-order valence-electron chi connectivity index (χ3n) is 3.85. The van der Waals surface area contributed by atoms with Crippen molar-refractivity contribution in [1.82, 2.24) is 0 Å². The van der Waals surface area contributed by atoms with E-state index in [2.05, 4.69) is 0 Å². The molecule has 2 aliphatic heterocycles. The first-order valence-corrected chi connectivity index (χ1v) is 8.32. The second kappa shape index (κ2) is 9.88. The lowest BCUT2D eigenvalue weighted by atomic mass is 10.2. The summed E-state index contributed by atoms with van der Waals surface area (Å²) in [4.78, 5) is 0. The Labute approximate surface area is 138 Å². The van der Waals surface area contributed by atoms with E-state index >= 15 is 0 Å². The molecule has 0 spiro atoms. The fraction of sp³-hybridized carbons (Fsp3) is 1.00. The van der Waals surface area contributed by atoms with Crippen LogP contribution in [0.25, 0.3) is 0 Å². The molecule has 7 nitrogen and oxygen atoms in total. The molecule has 2 rings (SSSR count). The third kappa shape index (κ3) is 7.43. The molecule has 0 aromatic carbocycles. The Morgan fingerprint density at radius 1 is 0.870 bits per heavy atom. The Hall–Kier alpha value is -0.280. The van der Waals surface area contributed by atoms with E-state index in [0.717, 1.165) is 12.8 Å². The summed E-state index contributed by atoms with van der Waals surface area (Å²) in [5, 5.41) is 26.0. The maximum absolute atomic E-state index is 8.77. The van der Waals surface area contributed by atoms with Crippen LogP contribution in [0.4, 0.5) is 0 Å². The van der Waals surface area contributed by atoms with Crippen molar-refractivity contribution in [3.05, 3.63) is 0 Å². The highest BCUT2D eigenvalue weighted by atomic mass is 16.7. The highest BCUT2D eigenvalue weighted by Crippen LogP contribution is 2.28. The maximum Gasteiger partial charge on any atom is 0.166 e. The molecule has 4 atom stereocenters. The zero-order valence-corrected chi connectivity index (χ0v) is 14.5. The van der Waals surface area contributed by atoms with Gasteiger partial charge in [0.2, 0.25) is 0 Å². The van der Waals surface area contributed by atoms with Crippen LogP contribution in [0.15, 0.2) is 0 Å². The molecule has 7 heteroatoms. The second-order valence-corrected chi connectivity index (χ2v) is 6.39. The monoisotopic (exact) mass is 336 g/mol. The standard InChI is InChI=1S/C8H16O4.C8H16O3/c1-8(3-2-4-9)11-6-7(5-10)12-8;1-7-6-10-8(2,11-7)4-3-5-9/h7,9-10H,2-6H2,1H3;7,9H,3-6H2,1-2H3. The molecule has 2 heterocycles. The first-order chi connectivity index (χ1) is 10.9. The maximum atomic E-state index is 8.77. The van der Waals surface area contributed by atoms with E-state index in [0.29, 0.717) is 26.1 Å². The van der Waals surface area contributed by atoms with Crippen LogP contribution in [0.2, 0.25) is 0 Å². The lowest BCUT2D eigenvalue weighted by molar-refractivity contribution is -0.163. The number of ether oxygens (including phenoxy) is 4. The van der Waals surface area contributed by atoms with Crippen LogP contribution in [-0.4, -0.2) is 72.1 Å². The molecule has 0 aromatic rings. The number of hydrogen-bond donors (Lipinski definition) is 3. The Kier molecular flexibility index (Phi) is 8.92. The van der Waals surface area contributed by atoms with Gasteiger partial charge in [0.05, 0.1) is 25.9 Å². The van der Waals surface area contributed by atoms with Gasteiger partial charge in [-0.1, -0.05) is 0 Å². The fourth-order valence-electron chi connectivity index (χ4n) is 2.63. The lowest BCUT2D eigenvalue weighted by Gasteiger charge is -2.22. The predicted octanol–water partition coefficient (Wildman–Crippen LogP) is 0.793. The van der Waals surface area contributed by atoms with Crippen molar-refractivity contribution in [3.8, 4) is 0 Å². The van der Waals surface area contributed by atoms with Gasteiger partial charge in [0.1, 0.15) is 6.10 Å². The predicted molar refractivity (Wildman–Crippen MR) is 83.9 cm³/mol.